The Morgan fingerprint density at radius 1 is 1.26 bits per heavy atom. The van der Waals surface area contributed by atoms with Gasteiger partial charge in [0.05, 0.1) is 10.6 Å². The maximum Gasteiger partial charge on any atom is 0.258 e. The first-order valence-corrected chi connectivity index (χ1v) is 6.46. The minimum atomic E-state index is -0.662. The van der Waals surface area contributed by atoms with Crippen molar-refractivity contribution in [3.8, 4) is 0 Å². The van der Waals surface area contributed by atoms with Crippen LogP contribution in [-0.4, -0.2) is 5.91 Å². The molecule has 0 aliphatic rings. The fourth-order valence-electron chi connectivity index (χ4n) is 1.49. The Hall–Kier alpha value is -1.59. The predicted molar refractivity (Wildman–Crippen MR) is 77.9 cm³/mol. The average molecular weight is 344 g/mol. The first-order chi connectivity index (χ1) is 8.97. The zero-order chi connectivity index (χ0) is 14.0. The third kappa shape index (κ3) is 3.24. The standard InChI is InChI=1S/C13H9BrClFN2O/c14-10-6-8(2-4-11(10)15)18-13(19)9-3-1-7(17)5-12(9)16/h1-6H,17H2,(H,18,19). The van der Waals surface area contributed by atoms with Crippen LogP contribution < -0.4 is 11.1 Å². The molecule has 0 saturated carbocycles. The molecule has 0 aliphatic heterocycles. The summed E-state index contributed by atoms with van der Waals surface area (Å²) in [4.78, 5) is 11.9. The number of carbonyl (C=O) groups excluding carboxylic acids is 1. The highest BCUT2D eigenvalue weighted by molar-refractivity contribution is 9.10. The number of nitrogen functional groups attached to an aromatic ring is 1. The highest BCUT2D eigenvalue weighted by Crippen LogP contribution is 2.26. The number of carbonyl (C=O) groups is 1. The second kappa shape index (κ2) is 5.59. The number of amides is 1. The fourth-order valence-corrected chi connectivity index (χ4v) is 1.98. The average Bonchev–Trinajstić information content (AvgIpc) is 2.33. The number of halogens is 3. The molecule has 2 aromatic rings. The van der Waals surface area contributed by atoms with Gasteiger partial charge in [-0.1, -0.05) is 11.6 Å². The quantitative estimate of drug-likeness (QED) is 0.807. The Labute approximate surface area is 122 Å². The number of benzene rings is 2. The van der Waals surface area contributed by atoms with E-state index in [9.17, 15) is 9.18 Å². The molecule has 0 radical (unpaired) electrons. The van der Waals surface area contributed by atoms with E-state index in [1.54, 1.807) is 18.2 Å². The zero-order valence-electron chi connectivity index (χ0n) is 9.58. The molecule has 3 N–H and O–H groups in total. The molecule has 2 aromatic carbocycles. The Morgan fingerprint density at radius 3 is 2.63 bits per heavy atom. The highest BCUT2D eigenvalue weighted by Gasteiger charge is 2.12. The van der Waals surface area contributed by atoms with Crippen LogP contribution in [0.15, 0.2) is 40.9 Å². The van der Waals surface area contributed by atoms with E-state index < -0.39 is 11.7 Å². The van der Waals surface area contributed by atoms with E-state index in [1.807, 2.05) is 0 Å². The summed E-state index contributed by atoms with van der Waals surface area (Å²) in [6, 6.07) is 8.80. The summed E-state index contributed by atoms with van der Waals surface area (Å²) in [6.45, 7) is 0. The van der Waals surface area contributed by atoms with Crippen LogP contribution in [0.3, 0.4) is 0 Å². The monoisotopic (exact) mass is 342 g/mol. The van der Waals surface area contributed by atoms with E-state index in [4.69, 9.17) is 17.3 Å². The van der Waals surface area contributed by atoms with Gasteiger partial charge in [-0.15, -0.1) is 0 Å². The molecule has 0 atom stereocenters. The number of hydrogen-bond donors (Lipinski definition) is 2. The molecule has 0 aromatic heterocycles. The topological polar surface area (TPSA) is 55.1 Å². The van der Waals surface area contributed by atoms with Gasteiger partial charge in [0.15, 0.2) is 0 Å². The van der Waals surface area contributed by atoms with Crippen molar-refractivity contribution < 1.29 is 9.18 Å². The van der Waals surface area contributed by atoms with Crippen LogP contribution in [0.4, 0.5) is 15.8 Å². The first-order valence-electron chi connectivity index (χ1n) is 5.29. The Morgan fingerprint density at radius 2 is 2.00 bits per heavy atom. The van der Waals surface area contributed by atoms with E-state index in [0.29, 0.717) is 15.2 Å². The second-order valence-electron chi connectivity index (χ2n) is 3.82. The molecule has 0 saturated heterocycles. The number of rotatable bonds is 2. The second-order valence-corrected chi connectivity index (χ2v) is 5.08. The molecular weight excluding hydrogens is 335 g/mol. The minimum absolute atomic E-state index is 0.0692. The van der Waals surface area contributed by atoms with Gasteiger partial charge in [0.2, 0.25) is 0 Å². The van der Waals surface area contributed by atoms with Gasteiger partial charge < -0.3 is 11.1 Å². The Kier molecular flexibility index (Phi) is 4.07. The third-order valence-electron chi connectivity index (χ3n) is 2.42. The minimum Gasteiger partial charge on any atom is -0.399 e. The predicted octanol–water partition coefficient (Wildman–Crippen LogP) is 4.08. The smallest absolute Gasteiger partial charge is 0.258 e. The lowest BCUT2D eigenvalue weighted by molar-refractivity contribution is 0.102. The molecule has 6 heteroatoms. The normalized spacial score (nSPS) is 10.3. The molecule has 0 spiro atoms. The maximum absolute atomic E-state index is 13.6. The van der Waals surface area contributed by atoms with Crippen molar-refractivity contribution >= 4 is 44.8 Å². The molecule has 0 aliphatic carbocycles. The lowest BCUT2D eigenvalue weighted by Crippen LogP contribution is -2.13. The van der Waals surface area contributed by atoms with Gasteiger partial charge in [-0.2, -0.15) is 0 Å². The molecule has 2 rings (SSSR count). The lowest BCUT2D eigenvalue weighted by atomic mass is 10.1. The van der Waals surface area contributed by atoms with Crippen molar-refractivity contribution in [3.63, 3.8) is 0 Å². The first kappa shape index (κ1) is 13.8. The summed E-state index contributed by atoms with van der Waals surface area (Å²) in [5.41, 5.74) is 6.13. The van der Waals surface area contributed by atoms with Crippen LogP contribution in [0, 0.1) is 5.82 Å². The lowest BCUT2D eigenvalue weighted by Gasteiger charge is -2.07. The van der Waals surface area contributed by atoms with Crippen LogP contribution in [0.1, 0.15) is 10.4 Å². The SMILES string of the molecule is Nc1ccc(C(=O)Nc2ccc(Cl)c(Br)c2)c(F)c1. The third-order valence-corrected chi connectivity index (χ3v) is 3.63. The summed E-state index contributed by atoms with van der Waals surface area (Å²) in [5.74, 6) is -1.21. The van der Waals surface area contributed by atoms with Gasteiger partial charge in [0, 0.05) is 15.8 Å². The molecule has 1 amide bonds. The van der Waals surface area contributed by atoms with Gasteiger partial charge in [0.25, 0.3) is 5.91 Å². The van der Waals surface area contributed by atoms with E-state index in [0.717, 1.165) is 6.07 Å². The number of anilines is 2. The molecule has 3 nitrogen and oxygen atoms in total. The van der Waals surface area contributed by atoms with Crippen LogP contribution in [0.5, 0.6) is 0 Å². The molecule has 19 heavy (non-hydrogen) atoms. The molecule has 98 valence electrons. The van der Waals surface area contributed by atoms with E-state index in [-0.39, 0.29) is 11.3 Å². The van der Waals surface area contributed by atoms with Crippen LogP contribution in [0.25, 0.3) is 0 Å². The zero-order valence-corrected chi connectivity index (χ0v) is 11.9. The fraction of sp³-hybridized carbons (Fsp3) is 0. The number of nitrogens with one attached hydrogen (secondary N) is 1. The van der Waals surface area contributed by atoms with Crippen molar-refractivity contribution in [3.05, 3.63) is 57.3 Å². The van der Waals surface area contributed by atoms with E-state index in [1.165, 1.54) is 12.1 Å². The van der Waals surface area contributed by atoms with Crippen molar-refractivity contribution in [1.29, 1.82) is 0 Å². The summed E-state index contributed by atoms with van der Waals surface area (Å²) in [7, 11) is 0. The summed E-state index contributed by atoms with van der Waals surface area (Å²) in [5, 5.41) is 3.10. The summed E-state index contributed by atoms with van der Waals surface area (Å²) < 4.78 is 14.2. The van der Waals surface area contributed by atoms with Gasteiger partial charge in [-0.05, 0) is 52.3 Å². The van der Waals surface area contributed by atoms with Crippen LogP contribution in [-0.2, 0) is 0 Å². The molecular formula is C13H9BrClFN2O. The largest absolute Gasteiger partial charge is 0.399 e. The molecule has 0 bridgehead atoms. The van der Waals surface area contributed by atoms with Gasteiger partial charge in [0.1, 0.15) is 5.82 Å². The molecule has 0 unspecified atom stereocenters. The van der Waals surface area contributed by atoms with Gasteiger partial charge in [-0.3, -0.25) is 4.79 Å². The molecule has 0 fully saturated rings. The van der Waals surface area contributed by atoms with Crippen LogP contribution >= 0.6 is 27.5 Å². The van der Waals surface area contributed by atoms with Crippen LogP contribution in [0.2, 0.25) is 5.02 Å². The van der Waals surface area contributed by atoms with Gasteiger partial charge in [-0.25, -0.2) is 4.39 Å². The Bertz CT molecular complexity index is 649. The summed E-state index contributed by atoms with van der Waals surface area (Å²) in [6.07, 6.45) is 0. The van der Waals surface area contributed by atoms with Crippen molar-refractivity contribution in [1.82, 2.24) is 0 Å². The number of nitrogens with two attached hydrogens (primary N) is 1. The molecule has 0 heterocycles. The van der Waals surface area contributed by atoms with Crippen molar-refractivity contribution in [2.45, 2.75) is 0 Å². The van der Waals surface area contributed by atoms with Crippen molar-refractivity contribution in [2.24, 2.45) is 0 Å². The van der Waals surface area contributed by atoms with E-state index in [2.05, 4.69) is 21.2 Å². The summed E-state index contributed by atoms with van der Waals surface area (Å²) >= 11 is 9.09. The Balaban J connectivity index is 2.23. The van der Waals surface area contributed by atoms with Crippen molar-refractivity contribution in [2.75, 3.05) is 11.1 Å². The maximum atomic E-state index is 13.6. The van der Waals surface area contributed by atoms with Gasteiger partial charge >= 0.3 is 0 Å². The van der Waals surface area contributed by atoms with E-state index >= 15 is 0 Å². The highest BCUT2D eigenvalue weighted by atomic mass is 79.9. The number of hydrogen-bond acceptors (Lipinski definition) is 2.